The van der Waals surface area contributed by atoms with Gasteiger partial charge in [-0.25, -0.2) is 4.79 Å². The summed E-state index contributed by atoms with van der Waals surface area (Å²) in [5, 5.41) is 18.9. The predicted molar refractivity (Wildman–Crippen MR) is 134 cm³/mol. The lowest BCUT2D eigenvalue weighted by atomic mass is 10.2. The molecule has 0 saturated carbocycles. The molecule has 8 nitrogen and oxygen atoms in total. The molecule has 3 rings (SSSR count). The highest BCUT2D eigenvalue weighted by Gasteiger charge is 2.20. The number of methoxy groups -OCH3 is 3. The summed E-state index contributed by atoms with van der Waals surface area (Å²) in [7, 11) is 4.67. The van der Waals surface area contributed by atoms with Crippen molar-refractivity contribution in [3.8, 4) is 28.6 Å². The molecule has 3 aromatic rings. The lowest BCUT2D eigenvalue weighted by Gasteiger charge is -2.11. The summed E-state index contributed by atoms with van der Waals surface area (Å²) < 4.78 is 19.5. The fraction of sp³-hybridized carbons (Fsp3) is 0.227. The Balaban J connectivity index is 2.05. The van der Waals surface area contributed by atoms with Crippen LogP contribution in [0.15, 0.2) is 49.3 Å². The van der Waals surface area contributed by atoms with Crippen molar-refractivity contribution < 1.29 is 24.1 Å². The SMILES string of the molecule is CCn1c(S/C(=C\c2cc(Br)cc(Br)c2OC)C(=O)O)nnc1-c1cc(OC)cc(OC)c1. The summed E-state index contributed by atoms with van der Waals surface area (Å²) in [4.78, 5) is 12.1. The van der Waals surface area contributed by atoms with Crippen molar-refractivity contribution in [2.75, 3.05) is 21.3 Å². The molecule has 1 N–H and O–H groups in total. The maximum Gasteiger partial charge on any atom is 0.342 e. The smallest absolute Gasteiger partial charge is 0.342 e. The van der Waals surface area contributed by atoms with Crippen LogP contribution in [0.1, 0.15) is 12.5 Å². The Labute approximate surface area is 212 Å². The minimum atomic E-state index is -1.09. The maximum absolute atomic E-state index is 12.1. The molecule has 0 saturated heterocycles. The molecule has 0 spiro atoms. The van der Waals surface area contributed by atoms with E-state index < -0.39 is 5.97 Å². The van der Waals surface area contributed by atoms with E-state index >= 15 is 0 Å². The number of carboxylic acids is 1. The van der Waals surface area contributed by atoms with E-state index in [2.05, 4.69) is 42.1 Å². The average molecular weight is 599 g/mol. The molecule has 0 atom stereocenters. The van der Waals surface area contributed by atoms with E-state index in [0.29, 0.717) is 44.8 Å². The largest absolute Gasteiger partial charge is 0.497 e. The number of hydrogen-bond donors (Lipinski definition) is 1. The van der Waals surface area contributed by atoms with Gasteiger partial charge in [-0.05, 0) is 65.0 Å². The molecule has 1 aromatic heterocycles. The molecule has 0 amide bonds. The van der Waals surface area contributed by atoms with Crippen LogP contribution in [0.25, 0.3) is 17.5 Å². The molecule has 0 bridgehead atoms. The fourth-order valence-electron chi connectivity index (χ4n) is 3.08. The van der Waals surface area contributed by atoms with E-state index in [1.165, 1.54) is 7.11 Å². The number of hydrogen-bond acceptors (Lipinski definition) is 7. The molecule has 0 unspecified atom stereocenters. The minimum Gasteiger partial charge on any atom is -0.497 e. The summed E-state index contributed by atoms with van der Waals surface area (Å²) >= 11 is 7.88. The highest BCUT2D eigenvalue weighted by Crippen LogP contribution is 2.37. The Morgan fingerprint density at radius 3 is 2.27 bits per heavy atom. The molecule has 2 aromatic carbocycles. The standard InChI is InChI=1S/C22H21Br2N3O5S/c1-5-27-20(13-7-15(30-2)11-16(8-13)31-3)25-26-22(27)33-18(21(28)29)9-12-6-14(23)10-17(24)19(12)32-4/h6-11H,5H2,1-4H3,(H,28,29)/b18-9-. The number of carbonyl (C=O) groups is 1. The Morgan fingerprint density at radius 1 is 1.06 bits per heavy atom. The van der Waals surface area contributed by atoms with Crippen LogP contribution < -0.4 is 14.2 Å². The summed E-state index contributed by atoms with van der Waals surface area (Å²) in [5.74, 6) is 1.24. The molecule has 33 heavy (non-hydrogen) atoms. The quantitative estimate of drug-likeness (QED) is 0.246. The normalized spacial score (nSPS) is 11.4. The first-order valence-electron chi connectivity index (χ1n) is 9.63. The van der Waals surface area contributed by atoms with Crippen LogP contribution in [0.5, 0.6) is 17.2 Å². The molecule has 11 heteroatoms. The summed E-state index contributed by atoms with van der Waals surface area (Å²) in [6.07, 6.45) is 1.55. The van der Waals surface area contributed by atoms with Crippen molar-refractivity contribution >= 4 is 55.7 Å². The van der Waals surface area contributed by atoms with Gasteiger partial charge in [-0.15, -0.1) is 10.2 Å². The van der Waals surface area contributed by atoms with Crippen molar-refractivity contribution in [2.45, 2.75) is 18.6 Å². The molecule has 1 heterocycles. The van der Waals surface area contributed by atoms with Crippen LogP contribution in [-0.4, -0.2) is 47.2 Å². The van der Waals surface area contributed by atoms with Gasteiger partial charge in [0.15, 0.2) is 11.0 Å². The second-order valence-corrected chi connectivity index (χ2v) is 9.36. The average Bonchev–Trinajstić information content (AvgIpc) is 3.20. The van der Waals surface area contributed by atoms with Crippen LogP contribution in [0.2, 0.25) is 0 Å². The van der Waals surface area contributed by atoms with E-state index in [4.69, 9.17) is 14.2 Å². The third-order valence-corrected chi connectivity index (χ3v) is 6.63. The van der Waals surface area contributed by atoms with E-state index in [0.717, 1.165) is 21.8 Å². The van der Waals surface area contributed by atoms with Gasteiger partial charge in [-0.2, -0.15) is 0 Å². The van der Waals surface area contributed by atoms with Crippen LogP contribution in [-0.2, 0) is 11.3 Å². The van der Waals surface area contributed by atoms with E-state index in [1.807, 2.05) is 29.7 Å². The number of halogens is 2. The van der Waals surface area contributed by atoms with Crippen molar-refractivity contribution in [1.82, 2.24) is 14.8 Å². The number of aromatic nitrogens is 3. The van der Waals surface area contributed by atoms with Gasteiger partial charge in [0.05, 0.1) is 25.8 Å². The highest BCUT2D eigenvalue weighted by atomic mass is 79.9. The summed E-state index contributed by atoms with van der Waals surface area (Å²) in [6, 6.07) is 9.02. The molecule has 0 aliphatic carbocycles. The Hall–Kier alpha value is -2.50. The van der Waals surface area contributed by atoms with Gasteiger partial charge < -0.3 is 23.9 Å². The van der Waals surface area contributed by atoms with Gasteiger partial charge in [0, 0.05) is 28.2 Å². The molecule has 0 fully saturated rings. The second-order valence-electron chi connectivity index (χ2n) is 6.58. The van der Waals surface area contributed by atoms with Gasteiger partial charge in [0.25, 0.3) is 0 Å². The molecular formula is C22H21Br2N3O5S. The number of carboxylic acid groups (broad SMARTS) is 1. The maximum atomic E-state index is 12.1. The third-order valence-electron chi connectivity index (χ3n) is 4.58. The van der Waals surface area contributed by atoms with Crippen LogP contribution in [0.3, 0.4) is 0 Å². The summed E-state index contributed by atoms with van der Waals surface area (Å²) in [6.45, 7) is 2.47. The Kier molecular flexibility index (Phi) is 8.44. The van der Waals surface area contributed by atoms with Crippen LogP contribution in [0, 0.1) is 0 Å². The number of benzene rings is 2. The number of rotatable bonds is 9. The lowest BCUT2D eigenvalue weighted by molar-refractivity contribution is -0.131. The molecule has 0 radical (unpaired) electrons. The van der Waals surface area contributed by atoms with Gasteiger partial charge in [0.2, 0.25) is 0 Å². The van der Waals surface area contributed by atoms with E-state index in [1.54, 1.807) is 32.4 Å². The van der Waals surface area contributed by atoms with Crippen molar-refractivity contribution in [3.05, 3.63) is 49.7 Å². The van der Waals surface area contributed by atoms with Gasteiger partial charge in [0.1, 0.15) is 22.2 Å². The van der Waals surface area contributed by atoms with Gasteiger partial charge >= 0.3 is 5.97 Å². The number of ether oxygens (including phenoxy) is 3. The zero-order valence-electron chi connectivity index (χ0n) is 18.3. The Bertz CT molecular complexity index is 1190. The minimum absolute atomic E-state index is 0.0650. The lowest BCUT2D eigenvalue weighted by Crippen LogP contribution is -2.03. The zero-order valence-corrected chi connectivity index (χ0v) is 22.2. The van der Waals surface area contributed by atoms with E-state index in [-0.39, 0.29) is 4.91 Å². The number of nitrogens with zero attached hydrogens (tertiary/aromatic N) is 3. The van der Waals surface area contributed by atoms with Crippen LogP contribution >= 0.6 is 43.6 Å². The highest BCUT2D eigenvalue weighted by molar-refractivity contribution is 9.11. The molecule has 0 aliphatic rings. The first-order chi connectivity index (χ1) is 15.8. The summed E-state index contributed by atoms with van der Waals surface area (Å²) in [5.41, 5.74) is 1.34. The first kappa shape index (κ1) is 25.1. The van der Waals surface area contributed by atoms with Gasteiger partial charge in [-0.3, -0.25) is 0 Å². The number of thioether (sulfide) groups is 1. The molecule has 0 aliphatic heterocycles. The molecule has 174 valence electrons. The monoisotopic (exact) mass is 597 g/mol. The van der Waals surface area contributed by atoms with Crippen molar-refractivity contribution in [3.63, 3.8) is 0 Å². The molecular weight excluding hydrogens is 578 g/mol. The second kappa shape index (κ2) is 11.1. The fourth-order valence-corrected chi connectivity index (χ4v) is 5.37. The van der Waals surface area contributed by atoms with Gasteiger partial charge in [-0.1, -0.05) is 15.9 Å². The van der Waals surface area contributed by atoms with Crippen LogP contribution in [0.4, 0.5) is 0 Å². The Morgan fingerprint density at radius 2 is 1.73 bits per heavy atom. The zero-order chi connectivity index (χ0) is 24.1. The number of aliphatic carboxylic acids is 1. The first-order valence-corrected chi connectivity index (χ1v) is 12.0. The third kappa shape index (κ3) is 5.71. The van der Waals surface area contributed by atoms with Crippen molar-refractivity contribution in [2.24, 2.45) is 0 Å². The predicted octanol–water partition coefficient (Wildman–Crippen LogP) is 5.73. The van der Waals surface area contributed by atoms with E-state index in [9.17, 15) is 9.90 Å². The topological polar surface area (TPSA) is 95.7 Å². The van der Waals surface area contributed by atoms with Crippen molar-refractivity contribution in [1.29, 1.82) is 0 Å².